The zero-order valence-corrected chi connectivity index (χ0v) is 15.8. The molecule has 0 saturated heterocycles. The number of hydrogen-bond acceptors (Lipinski definition) is 6. The molecule has 1 amide bonds. The van der Waals surface area contributed by atoms with Crippen molar-refractivity contribution in [2.75, 3.05) is 19.7 Å². The molecule has 0 heterocycles. The van der Waals surface area contributed by atoms with Crippen LogP contribution in [-0.4, -0.2) is 38.9 Å². The SMILES string of the molecule is O=C(COc1ccc(F)c(Cl)c1)NCCNS(=O)(=O)c1cccc([N+](=O)[O-])c1. The van der Waals surface area contributed by atoms with Crippen molar-refractivity contribution >= 4 is 33.2 Å². The van der Waals surface area contributed by atoms with Gasteiger partial charge in [0.15, 0.2) is 6.61 Å². The summed E-state index contributed by atoms with van der Waals surface area (Å²) >= 11 is 5.59. The van der Waals surface area contributed by atoms with Gasteiger partial charge in [-0.3, -0.25) is 14.9 Å². The molecule has 2 aromatic rings. The Morgan fingerprint density at radius 1 is 1.21 bits per heavy atom. The largest absolute Gasteiger partial charge is 0.484 e. The number of benzene rings is 2. The Hall–Kier alpha value is -2.76. The van der Waals surface area contributed by atoms with Gasteiger partial charge in [0.1, 0.15) is 11.6 Å². The highest BCUT2D eigenvalue weighted by Crippen LogP contribution is 2.21. The van der Waals surface area contributed by atoms with Gasteiger partial charge in [-0.25, -0.2) is 17.5 Å². The molecule has 0 aromatic heterocycles. The maximum Gasteiger partial charge on any atom is 0.270 e. The molecule has 0 saturated carbocycles. The van der Waals surface area contributed by atoms with Gasteiger partial charge in [-0.15, -0.1) is 0 Å². The van der Waals surface area contributed by atoms with E-state index in [1.807, 2.05) is 0 Å². The summed E-state index contributed by atoms with van der Waals surface area (Å²) in [7, 11) is -3.97. The molecule has 0 atom stereocenters. The molecule has 0 bridgehead atoms. The second-order valence-electron chi connectivity index (χ2n) is 5.37. The minimum absolute atomic E-state index is 0.0411. The minimum Gasteiger partial charge on any atom is -0.484 e. The third-order valence-corrected chi connectivity index (χ3v) is 5.09. The van der Waals surface area contributed by atoms with Gasteiger partial charge in [0, 0.05) is 31.3 Å². The number of nitro groups is 1. The highest BCUT2D eigenvalue weighted by Gasteiger charge is 2.17. The average Bonchev–Trinajstić information content (AvgIpc) is 2.66. The molecular weight excluding hydrogens is 417 g/mol. The summed E-state index contributed by atoms with van der Waals surface area (Å²) in [5, 5.41) is 13.0. The lowest BCUT2D eigenvalue weighted by Gasteiger charge is -2.09. The van der Waals surface area contributed by atoms with Crippen LogP contribution in [0.25, 0.3) is 0 Å². The molecule has 150 valence electrons. The van der Waals surface area contributed by atoms with Gasteiger partial charge >= 0.3 is 0 Å². The monoisotopic (exact) mass is 431 g/mol. The Labute approximate surface area is 164 Å². The van der Waals surface area contributed by atoms with Crippen LogP contribution in [0, 0.1) is 15.9 Å². The maximum absolute atomic E-state index is 13.0. The molecule has 2 rings (SSSR count). The summed E-state index contributed by atoms with van der Waals surface area (Å²) in [5.74, 6) is -0.947. The van der Waals surface area contributed by atoms with E-state index in [9.17, 15) is 27.7 Å². The molecule has 2 aromatic carbocycles. The Kier molecular flexibility index (Phi) is 7.26. The van der Waals surface area contributed by atoms with Crippen molar-refractivity contribution in [1.29, 1.82) is 0 Å². The van der Waals surface area contributed by atoms with Gasteiger partial charge in [0.05, 0.1) is 14.8 Å². The molecule has 0 aliphatic heterocycles. The normalized spacial score (nSPS) is 11.1. The Balaban J connectivity index is 1.78. The van der Waals surface area contributed by atoms with Gasteiger partial charge in [-0.05, 0) is 18.2 Å². The molecule has 0 fully saturated rings. The summed E-state index contributed by atoms with van der Waals surface area (Å²) in [6.45, 7) is -0.556. The molecule has 9 nitrogen and oxygen atoms in total. The molecule has 0 aliphatic rings. The van der Waals surface area contributed by atoms with Gasteiger partial charge in [0.2, 0.25) is 10.0 Å². The minimum atomic E-state index is -3.97. The van der Waals surface area contributed by atoms with Crippen LogP contribution < -0.4 is 14.8 Å². The molecule has 0 aliphatic carbocycles. The second-order valence-corrected chi connectivity index (χ2v) is 7.54. The first-order valence-electron chi connectivity index (χ1n) is 7.78. The summed E-state index contributed by atoms with van der Waals surface area (Å²) in [6, 6.07) is 8.20. The molecule has 12 heteroatoms. The van der Waals surface area contributed by atoms with E-state index in [0.717, 1.165) is 12.1 Å². The van der Waals surface area contributed by atoms with Crippen LogP contribution in [0.5, 0.6) is 5.75 Å². The van der Waals surface area contributed by atoms with Crippen molar-refractivity contribution in [1.82, 2.24) is 10.0 Å². The second kappa shape index (κ2) is 9.44. The number of halogens is 2. The topological polar surface area (TPSA) is 128 Å². The molecule has 0 spiro atoms. The first kappa shape index (κ1) is 21.5. The number of nitrogens with zero attached hydrogens (tertiary/aromatic N) is 1. The lowest BCUT2D eigenvalue weighted by molar-refractivity contribution is -0.385. The number of sulfonamides is 1. The van der Waals surface area contributed by atoms with E-state index >= 15 is 0 Å². The first-order valence-corrected chi connectivity index (χ1v) is 9.64. The first-order chi connectivity index (χ1) is 13.2. The van der Waals surface area contributed by atoms with Gasteiger partial charge in [-0.2, -0.15) is 0 Å². The Morgan fingerprint density at radius 2 is 1.96 bits per heavy atom. The summed E-state index contributed by atoms with van der Waals surface area (Å²) in [4.78, 5) is 21.4. The highest BCUT2D eigenvalue weighted by molar-refractivity contribution is 7.89. The summed E-state index contributed by atoms with van der Waals surface area (Å²) in [5.41, 5.74) is -0.353. The van der Waals surface area contributed by atoms with Crippen LogP contribution >= 0.6 is 11.6 Å². The predicted octanol–water partition coefficient (Wildman–Crippen LogP) is 1.86. The fourth-order valence-electron chi connectivity index (χ4n) is 2.00. The van der Waals surface area contributed by atoms with Gasteiger partial charge < -0.3 is 10.1 Å². The molecular formula is C16H15ClFN3O6S. The van der Waals surface area contributed by atoms with Crippen LogP contribution in [0.1, 0.15) is 0 Å². The zero-order chi connectivity index (χ0) is 20.7. The van der Waals surface area contributed by atoms with Crippen molar-refractivity contribution in [3.05, 3.63) is 63.4 Å². The lowest BCUT2D eigenvalue weighted by Crippen LogP contribution is -2.36. The Morgan fingerprint density at radius 3 is 2.64 bits per heavy atom. The number of carbonyl (C=O) groups is 1. The van der Waals surface area contributed by atoms with E-state index in [-0.39, 0.29) is 41.1 Å². The number of ether oxygens (including phenoxy) is 1. The quantitative estimate of drug-likeness (QED) is 0.354. The van der Waals surface area contributed by atoms with Crippen LogP contribution in [0.2, 0.25) is 5.02 Å². The van der Waals surface area contributed by atoms with Crippen molar-refractivity contribution < 1.29 is 27.3 Å². The standard InChI is InChI=1S/C16H15ClFN3O6S/c17-14-9-12(4-5-15(14)18)27-10-16(22)19-6-7-20-28(25,26)13-3-1-2-11(8-13)21(23)24/h1-5,8-9,20H,6-7,10H2,(H,19,22). The van der Waals surface area contributed by atoms with Crippen LogP contribution in [0.4, 0.5) is 10.1 Å². The Bertz CT molecular complexity index is 986. The third kappa shape index (κ3) is 6.15. The van der Waals surface area contributed by atoms with Gasteiger partial charge in [0.25, 0.3) is 11.6 Å². The number of carbonyl (C=O) groups excluding carboxylic acids is 1. The van der Waals surface area contributed by atoms with E-state index in [4.69, 9.17) is 16.3 Å². The van der Waals surface area contributed by atoms with Crippen LogP contribution in [0.15, 0.2) is 47.4 Å². The molecule has 2 N–H and O–H groups in total. The lowest BCUT2D eigenvalue weighted by atomic mass is 10.3. The summed E-state index contributed by atoms with van der Waals surface area (Å²) < 4.78 is 44.6. The van der Waals surface area contributed by atoms with Crippen molar-refractivity contribution in [2.24, 2.45) is 0 Å². The van der Waals surface area contributed by atoms with Crippen molar-refractivity contribution in [3.8, 4) is 5.75 Å². The van der Waals surface area contributed by atoms with E-state index in [0.29, 0.717) is 0 Å². The third-order valence-electron chi connectivity index (χ3n) is 3.34. The van der Waals surface area contributed by atoms with E-state index < -0.39 is 26.7 Å². The number of nitrogens with one attached hydrogen (secondary N) is 2. The van der Waals surface area contributed by atoms with E-state index in [1.165, 1.54) is 30.3 Å². The number of rotatable bonds is 9. The zero-order valence-electron chi connectivity index (χ0n) is 14.2. The fraction of sp³-hybridized carbons (Fsp3) is 0.188. The molecule has 28 heavy (non-hydrogen) atoms. The fourth-order valence-corrected chi connectivity index (χ4v) is 3.24. The number of non-ortho nitro benzene ring substituents is 1. The smallest absolute Gasteiger partial charge is 0.270 e. The molecule has 0 unspecified atom stereocenters. The average molecular weight is 432 g/mol. The van der Waals surface area contributed by atoms with Crippen molar-refractivity contribution in [2.45, 2.75) is 4.90 Å². The number of hydrogen-bond donors (Lipinski definition) is 2. The maximum atomic E-state index is 13.0. The van der Waals surface area contributed by atoms with Crippen LogP contribution in [0.3, 0.4) is 0 Å². The summed E-state index contributed by atoms with van der Waals surface area (Å²) in [6.07, 6.45) is 0. The highest BCUT2D eigenvalue weighted by atomic mass is 35.5. The van der Waals surface area contributed by atoms with Crippen molar-refractivity contribution in [3.63, 3.8) is 0 Å². The van der Waals surface area contributed by atoms with E-state index in [1.54, 1.807) is 0 Å². The number of amides is 1. The molecule has 0 radical (unpaired) electrons. The van der Waals surface area contributed by atoms with E-state index in [2.05, 4.69) is 10.0 Å². The van der Waals surface area contributed by atoms with Gasteiger partial charge in [-0.1, -0.05) is 17.7 Å². The predicted molar refractivity (Wildman–Crippen MR) is 98.2 cm³/mol. The number of nitro benzene ring substituents is 1. The van der Waals surface area contributed by atoms with Crippen LogP contribution in [-0.2, 0) is 14.8 Å².